The lowest BCUT2D eigenvalue weighted by molar-refractivity contribution is -0.0136. The van der Waals surface area contributed by atoms with Gasteiger partial charge in [0.05, 0.1) is 5.60 Å². The van der Waals surface area contributed by atoms with Crippen molar-refractivity contribution in [1.29, 1.82) is 0 Å². The van der Waals surface area contributed by atoms with Crippen molar-refractivity contribution in [2.75, 3.05) is 26.2 Å². The third kappa shape index (κ3) is 5.25. The van der Waals surface area contributed by atoms with E-state index in [2.05, 4.69) is 37.9 Å². The average molecular weight is 256 g/mol. The molecule has 0 bridgehead atoms. The molecule has 0 amide bonds. The number of hydrogen-bond donors (Lipinski definition) is 2. The van der Waals surface area contributed by atoms with Gasteiger partial charge in [-0.2, -0.15) is 0 Å². The molecule has 1 rings (SSSR count). The van der Waals surface area contributed by atoms with E-state index in [4.69, 9.17) is 0 Å². The summed E-state index contributed by atoms with van der Waals surface area (Å²) in [5.74, 6) is 0.749. The van der Waals surface area contributed by atoms with Gasteiger partial charge >= 0.3 is 0 Å². The maximum absolute atomic E-state index is 10.4. The van der Waals surface area contributed by atoms with Crippen molar-refractivity contribution in [2.45, 2.75) is 65.0 Å². The molecule has 0 radical (unpaired) electrons. The van der Waals surface area contributed by atoms with Crippen molar-refractivity contribution in [1.82, 2.24) is 10.2 Å². The van der Waals surface area contributed by atoms with E-state index in [0.717, 1.165) is 44.9 Å². The summed E-state index contributed by atoms with van der Waals surface area (Å²) in [7, 11) is 0. The first-order valence-electron chi connectivity index (χ1n) is 7.67. The van der Waals surface area contributed by atoms with Gasteiger partial charge in [-0.1, -0.05) is 27.7 Å². The lowest BCUT2D eigenvalue weighted by Crippen LogP contribution is -2.48. The quantitative estimate of drug-likeness (QED) is 0.733. The van der Waals surface area contributed by atoms with E-state index >= 15 is 0 Å². The van der Waals surface area contributed by atoms with Gasteiger partial charge in [0.25, 0.3) is 0 Å². The van der Waals surface area contributed by atoms with Crippen LogP contribution in [0, 0.1) is 5.92 Å². The Morgan fingerprint density at radius 3 is 2.56 bits per heavy atom. The summed E-state index contributed by atoms with van der Waals surface area (Å²) in [6, 6.07) is 0.573. The van der Waals surface area contributed by atoms with Crippen LogP contribution < -0.4 is 5.32 Å². The van der Waals surface area contributed by atoms with Gasteiger partial charge in [0, 0.05) is 19.1 Å². The van der Waals surface area contributed by atoms with Crippen LogP contribution in [0.1, 0.15) is 53.4 Å². The first-order chi connectivity index (χ1) is 8.49. The minimum absolute atomic E-state index is 0.479. The Balaban J connectivity index is 2.38. The first kappa shape index (κ1) is 15.9. The maximum Gasteiger partial charge on any atom is 0.0768 e. The van der Waals surface area contributed by atoms with E-state index in [1.54, 1.807) is 0 Å². The fourth-order valence-electron chi connectivity index (χ4n) is 2.75. The number of hydrogen-bond acceptors (Lipinski definition) is 3. The Bertz CT molecular complexity index is 227. The minimum Gasteiger partial charge on any atom is -0.389 e. The highest BCUT2D eigenvalue weighted by atomic mass is 16.3. The van der Waals surface area contributed by atoms with Crippen LogP contribution in [0.3, 0.4) is 0 Å². The second kappa shape index (κ2) is 7.46. The summed E-state index contributed by atoms with van der Waals surface area (Å²) in [6.07, 6.45) is 4.31. The standard InChI is InChI=1S/C15H32N2O/c1-5-15(18,6-2)12-17-9-7-8-14(11-17)10-16-13(3)4/h13-14,16,18H,5-12H2,1-4H3. The van der Waals surface area contributed by atoms with Crippen LogP contribution in [0.15, 0.2) is 0 Å². The summed E-state index contributed by atoms with van der Waals surface area (Å²) in [4.78, 5) is 2.46. The lowest BCUT2D eigenvalue weighted by Gasteiger charge is -2.38. The molecule has 0 aromatic heterocycles. The summed E-state index contributed by atoms with van der Waals surface area (Å²) in [5.41, 5.74) is -0.479. The van der Waals surface area contributed by atoms with Gasteiger partial charge in [-0.3, -0.25) is 0 Å². The van der Waals surface area contributed by atoms with Gasteiger partial charge in [-0.15, -0.1) is 0 Å². The zero-order chi connectivity index (χ0) is 13.6. The highest BCUT2D eigenvalue weighted by Gasteiger charge is 2.28. The number of nitrogens with one attached hydrogen (secondary N) is 1. The molecule has 0 spiro atoms. The van der Waals surface area contributed by atoms with E-state index in [9.17, 15) is 5.11 Å². The van der Waals surface area contributed by atoms with Crippen molar-refractivity contribution in [3.05, 3.63) is 0 Å². The van der Waals surface area contributed by atoms with Crippen molar-refractivity contribution in [2.24, 2.45) is 5.92 Å². The fraction of sp³-hybridized carbons (Fsp3) is 1.00. The molecule has 108 valence electrons. The fourth-order valence-corrected chi connectivity index (χ4v) is 2.75. The largest absolute Gasteiger partial charge is 0.389 e. The summed E-state index contributed by atoms with van der Waals surface area (Å²) in [6.45, 7) is 12.8. The van der Waals surface area contributed by atoms with Crippen LogP contribution in [-0.4, -0.2) is 47.8 Å². The molecule has 1 aliphatic rings. The Hall–Kier alpha value is -0.120. The molecule has 2 N–H and O–H groups in total. The van der Waals surface area contributed by atoms with Crippen LogP contribution >= 0.6 is 0 Å². The van der Waals surface area contributed by atoms with Crippen molar-refractivity contribution in [3.8, 4) is 0 Å². The van der Waals surface area contributed by atoms with E-state index < -0.39 is 5.60 Å². The number of likely N-dealkylation sites (tertiary alicyclic amines) is 1. The predicted molar refractivity (Wildman–Crippen MR) is 77.8 cm³/mol. The molecule has 1 unspecified atom stereocenters. The smallest absolute Gasteiger partial charge is 0.0768 e. The number of piperidine rings is 1. The van der Waals surface area contributed by atoms with Crippen molar-refractivity contribution in [3.63, 3.8) is 0 Å². The number of aliphatic hydroxyl groups is 1. The molecule has 1 saturated heterocycles. The summed E-state index contributed by atoms with van der Waals surface area (Å²) >= 11 is 0. The molecular weight excluding hydrogens is 224 g/mol. The SMILES string of the molecule is CCC(O)(CC)CN1CCCC(CNC(C)C)C1. The van der Waals surface area contributed by atoms with Gasteiger partial charge in [-0.25, -0.2) is 0 Å². The molecule has 0 aliphatic carbocycles. The number of rotatable bonds is 7. The molecule has 1 aliphatic heterocycles. The molecule has 0 aromatic rings. The third-order valence-electron chi connectivity index (χ3n) is 4.25. The Kier molecular flexibility index (Phi) is 6.61. The molecule has 1 fully saturated rings. The zero-order valence-electron chi connectivity index (χ0n) is 12.7. The van der Waals surface area contributed by atoms with Crippen LogP contribution in [0.5, 0.6) is 0 Å². The van der Waals surface area contributed by atoms with Crippen LogP contribution in [0.2, 0.25) is 0 Å². The highest BCUT2D eigenvalue weighted by Crippen LogP contribution is 2.21. The minimum atomic E-state index is -0.479. The van der Waals surface area contributed by atoms with Crippen molar-refractivity contribution >= 4 is 0 Å². The van der Waals surface area contributed by atoms with E-state index in [-0.39, 0.29) is 0 Å². The van der Waals surface area contributed by atoms with Gasteiger partial charge < -0.3 is 15.3 Å². The van der Waals surface area contributed by atoms with Gasteiger partial charge in [0.15, 0.2) is 0 Å². The van der Waals surface area contributed by atoms with Gasteiger partial charge in [-0.05, 0) is 44.7 Å². The number of nitrogens with zero attached hydrogens (tertiary/aromatic N) is 1. The van der Waals surface area contributed by atoms with Gasteiger partial charge in [0.1, 0.15) is 0 Å². The molecule has 3 nitrogen and oxygen atoms in total. The first-order valence-corrected chi connectivity index (χ1v) is 7.67. The molecule has 1 heterocycles. The van der Waals surface area contributed by atoms with E-state index in [1.165, 1.54) is 12.8 Å². The van der Waals surface area contributed by atoms with Crippen molar-refractivity contribution < 1.29 is 5.11 Å². The average Bonchev–Trinajstić information content (AvgIpc) is 2.36. The molecular formula is C15H32N2O. The van der Waals surface area contributed by atoms with Crippen LogP contribution in [0.25, 0.3) is 0 Å². The van der Waals surface area contributed by atoms with Crippen LogP contribution in [-0.2, 0) is 0 Å². The maximum atomic E-state index is 10.4. The number of β-amino-alcohol motifs (C(OH)–C–C–N with tert-alkyl or cyclic N) is 1. The molecule has 18 heavy (non-hydrogen) atoms. The molecule has 1 atom stereocenters. The Morgan fingerprint density at radius 2 is 2.00 bits per heavy atom. The Labute approximate surface area is 113 Å². The molecule has 0 aromatic carbocycles. The lowest BCUT2D eigenvalue weighted by atomic mass is 9.93. The van der Waals surface area contributed by atoms with E-state index in [0.29, 0.717) is 6.04 Å². The third-order valence-corrected chi connectivity index (χ3v) is 4.25. The topological polar surface area (TPSA) is 35.5 Å². The van der Waals surface area contributed by atoms with E-state index in [1.807, 2.05) is 0 Å². The summed E-state index contributed by atoms with van der Waals surface area (Å²) < 4.78 is 0. The summed E-state index contributed by atoms with van der Waals surface area (Å²) in [5, 5.41) is 14.0. The monoisotopic (exact) mass is 256 g/mol. The van der Waals surface area contributed by atoms with Crippen LogP contribution in [0.4, 0.5) is 0 Å². The molecule has 3 heteroatoms. The zero-order valence-corrected chi connectivity index (χ0v) is 12.7. The second-order valence-electron chi connectivity index (χ2n) is 6.24. The normalized spacial score (nSPS) is 22.7. The molecule has 0 saturated carbocycles. The Morgan fingerprint density at radius 1 is 1.33 bits per heavy atom. The van der Waals surface area contributed by atoms with Gasteiger partial charge in [0.2, 0.25) is 0 Å². The predicted octanol–water partition coefficient (Wildman–Crippen LogP) is 2.25. The second-order valence-corrected chi connectivity index (χ2v) is 6.24. The highest BCUT2D eigenvalue weighted by molar-refractivity contribution is 4.83.